The van der Waals surface area contributed by atoms with Crippen molar-refractivity contribution in [1.29, 1.82) is 0 Å². The molecule has 0 N–H and O–H groups in total. The minimum Gasteiger partial charge on any atom is -0.496 e. The average Bonchev–Trinajstić information content (AvgIpc) is 2.33. The third-order valence-corrected chi connectivity index (χ3v) is 2.95. The number of hydrogen-bond donors (Lipinski definition) is 0. The number of para-hydroxylation sites is 1. The van der Waals surface area contributed by atoms with Gasteiger partial charge >= 0.3 is 0 Å². The number of hydrogen-bond acceptors (Lipinski definition) is 2. The highest BCUT2D eigenvalue weighted by molar-refractivity contribution is 5.81. The third-order valence-electron chi connectivity index (χ3n) is 2.95. The lowest BCUT2D eigenvalue weighted by Gasteiger charge is -2.14. The second kappa shape index (κ2) is 4.97. The van der Waals surface area contributed by atoms with Gasteiger partial charge in [0.15, 0.2) is 0 Å². The van der Waals surface area contributed by atoms with Crippen LogP contribution in [0, 0.1) is 0 Å². The molecular formula is C14H16O2. The van der Waals surface area contributed by atoms with Crippen LogP contribution < -0.4 is 4.74 Å². The fourth-order valence-electron chi connectivity index (χ4n) is 2.02. The zero-order chi connectivity index (χ0) is 11.4. The summed E-state index contributed by atoms with van der Waals surface area (Å²) in [6.07, 6.45) is 5.16. The summed E-state index contributed by atoms with van der Waals surface area (Å²) in [5, 5.41) is 0. The molecule has 0 bridgehead atoms. The van der Waals surface area contributed by atoms with Gasteiger partial charge in [0, 0.05) is 12.8 Å². The first-order valence-corrected chi connectivity index (χ1v) is 5.61. The van der Waals surface area contributed by atoms with Gasteiger partial charge in [0.25, 0.3) is 0 Å². The van der Waals surface area contributed by atoms with Crippen LogP contribution in [-0.4, -0.2) is 12.9 Å². The lowest BCUT2D eigenvalue weighted by Crippen LogP contribution is -2.05. The van der Waals surface area contributed by atoms with E-state index in [0.717, 1.165) is 18.6 Å². The highest BCUT2D eigenvalue weighted by atomic mass is 16.5. The second-order valence-corrected chi connectivity index (χ2v) is 4.09. The molecule has 1 aromatic carbocycles. The molecule has 0 atom stereocenters. The molecule has 0 saturated heterocycles. The first kappa shape index (κ1) is 10.9. The largest absolute Gasteiger partial charge is 0.496 e. The van der Waals surface area contributed by atoms with E-state index < -0.39 is 0 Å². The van der Waals surface area contributed by atoms with E-state index in [-0.39, 0.29) is 0 Å². The van der Waals surface area contributed by atoms with Crippen molar-refractivity contribution in [1.82, 2.24) is 0 Å². The molecule has 1 aromatic rings. The maximum absolute atomic E-state index is 11.1. The van der Waals surface area contributed by atoms with Crippen LogP contribution in [0.25, 0.3) is 0 Å². The number of benzene rings is 1. The van der Waals surface area contributed by atoms with Gasteiger partial charge < -0.3 is 4.74 Å². The Kier molecular flexibility index (Phi) is 3.40. The zero-order valence-electron chi connectivity index (χ0n) is 9.53. The van der Waals surface area contributed by atoms with Crippen molar-refractivity contribution < 1.29 is 9.53 Å². The van der Waals surface area contributed by atoms with Gasteiger partial charge in [-0.15, -0.1) is 0 Å². The van der Waals surface area contributed by atoms with E-state index in [4.69, 9.17) is 4.74 Å². The normalized spacial score (nSPS) is 15.8. The van der Waals surface area contributed by atoms with Crippen molar-refractivity contribution in [3.8, 4) is 5.75 Å². The topological polar surface area (TPSA) is 26.3 Å². The maximum atomic E-state index is 11.1. The Labute approximate surface area is 95.9 Å². The first-order valence-electron chi connectivity index (χ1n) is 5.61. The number of rotatable bonds is 3. The summed E-state index contributed by atoms with van der Waals surface area (Å²) in [6.45, 7) is 0. The zero-order valence-corrected chi connectivity index (χ0v) is 9.53. The summed E-state index contributed by atoms with van der Waals surface area (Å²) < 4.78 is 5.31. The standard InChI is InChI=1S/C14H16O2/c1-16-14-5-3-2-4-12(14)10-11-6-8-13(15)9-7-11/h2-6H,7-10H2,1H3. The molecule has 2 heteroatoms. The first-order chi connectivity index (χ1) is 7.79. The number of methoxy groups -OCH3 is 1. The number of ketones is 1. The SMILES string of the molecule is COc1ccccc1CC1=CCC(=O)CC1. The molecule has 0 saturated carbocycles. The monoisotopic (exact) mass is 216 g/mol. The van der Waals surface area contributed by atoms with E-state index in [9.17, 15) is 4.79 Å². The minimum atomic E-state index is 0.351. The van der Waals surface area contributed by atoms with Crippen molar-refractivity contribution >= 4 is 5.78 Å². The summed E-state index contributed by atoms with van der Waals surface area (Å²) in [5.41, 5.74) is 2.55. The Morgan fingerprint density at radius 1 is 1.25 bits per heavy atom. The van der Waals surface area contributed by atoms with Crippen molar-refractivity contribution in [2.24, 2.45) is 0 Å². The summed E-state index contributed by atoms with van der Waals surface area (Å²) >= 11 is 0. The Balaban J connectivity index is 2.12. The Bertz CT molecular complexity index is 418. The molecule has 16 heavy (non-hydrogen) atoms. The molecule has 2 rings (SSSR count). The van der Waals surface area contributed by atoms with Gasteiger partial charge in [0.2, 0.25) is 0 Å². The molecule has 0 radical (unpaired) electrons. The van der Waals surface area contributed by atoms with Crippen LogP contribution in [-0.2, 0) is 11.2 Å². The molecule has 0 aromatic heterocycles. The van der Waals surface area contributed by atoms with Crippen LogP contribution in [0.3, 0.4) is 0 Å². The Morgan fingerprint density at radius 2 is 2.06 bits per heavy atom. The summed E-state index contributed by atoms with van der Waals surface area (Å²) in [6, 6.07) is 8.05. The van der Waals surface area contributed by atoms with E-state index in [1.807, 2.05) is 18.2 Å². The summed E-state index contributed by atoms with van der Waals surface area (Å²) in [4.78, 5) is 11.1. The van der Waals surface area contributed by atoms with Crippen LogP contribution >= 0.6 is 0 Å². The quantitative estimate of drug-likeness (QED) is 0.726. The van der Waals surface area contributed by atoms with Gasteiger partial charge in [0.05, 0.1) is 7.11 Å². The van der Waals surface area contributed by atoms with Crippen LogP contribution in [0.4, 0.5) is 0 Å². The van der Waals surface area contributed by atoms with Gasteiger partial charge in [-0.3, -0.25) is 4.79 Å². The van der Waals surface area contributed by atoms with Crippen molar-refractivity contribution in [3.05, 3.63) is 41.5 Å². The van der Waals surface area contributed by atoms with Crippen molar-refractivity contribution in [2.75, 3.05) is 7.11 Å². The van der Waals surface area contributed by atoms with Crippen LogP contribution in [0.15, 0.2) is 35.9 Å². The van der Waals surface area contributed by atoms with Gasteiger partial charge in [-0.25, -0.2) is 0 Å². The van der Waals surface area contributed by atoms with Crippen molar-refractivity contribution in [2.45, 2.75) is 25.7 Å². The van der Waals surface area contributed by atoms with Crippen LogP contribution in [0.1, 0.15) is 24.8 Å². The average molecular weight is 216 g/mol. The molecular weight excluding hydrogens is 200 g/mol. The molecule has 0 spiro atoms. The third kappa shape index (κ3) is 2.51. The van der Waals surface area contributed by atoms with Crippen molar-refractivity contribution in [3.63, 3.8) is 0 Å². The molecule has 0 unspecified atom stereocenters. The van der Waals surface area contributed by atoms with E-state index in [0.29, 0.717) is 18.6 Å². The maximum Gasteiger partial charge on any atom is 0.136 e. The molecule has 0 fully saturated rings. The summed E-state index contributed by atoms with van der Waals surface area (Å²) in [5.74, 6) is 1.28. The highest BCUT2D eigenvalue weighted by Gasteiger charge is 2.12. The smallest absolute Gasteiger partial charge is 0.136 e. The molecule has 1 aliphatic rings. The highest BCUT2D eigenvalue weighted by Crippen LogP contribution is 2.24. The van der Waals surface area contributed by atoms with E-state index in [1.54, 1.807) is 7.11 Å². The Morgan fingerprint density at radius 3 is 2.75 bits per heavy atom. The predicted molar refractivity (Wildman–Crippen MR) is 63.6 cm³/mol. The fourth-order valence-corrected chi connectivity index (χ4v) is 2.02. The number of allylic oxidation sites excluding steroid dienone is 2. The van der Waals surface area contributed by atoms with Gasteiger partial charge in [-0.1, -0.05) is 29.8 Å². The molecule has 0 aliphatic heterocycles. The second-order valence-electron chi connectivity index (χ2n) is 4.09. The molecule has 0 amide bonds. The number of carbonyl (C=O) groups excluding carboxylic acids is 1. The minimum absolute atomic E-state index is 0.351. The van der Waals surface area contributed by atoms with Crippen LogP contribution in [0.5, 0.6) is 5.75 Å². The predicted octanol–water partition coefficient (Wildman–Crippen LogP) is 2.92. The number of ether oxygens (including phenoxy) is 1. The van der Waals surface area contributed by atoms with Gasteiger partial charge in [0.1, 0.15) is 11.5 Å². The molecule has 84 valence electrons. The van der Waals surface area contributed by atoms with Gasteiger partial charge in [-0.05, 0) is 24.5 Å². The Hall–Kier alpha value is -1.57. The lowest BCUT2D eigenvalue weighted by molar-refractivity contribution is -0.118. The fraction of sp³-hybridized carbons (Fsp3) is 0.357. The van der Waals surface area contributed by atoms with E-state index in [1.165, 1.54) is 11.1 Å². The molecule has 0 heterocycles. The molecule has 1 aliphatic carbocycles. The molecule has 2 nitrogen and oxygen atoms in total. The van der Waals surface area contributed by atoms with E-state index in [2.05, 4.69) is 12.1 Å². The van der Waals surface area contributed by atoms with Crippen LogP contribution in [0.2, 0.25) is 0 Å². The number of Topliss-reactive ketones (excluding diaryl/α,β-unsaturated/α-hetero) is 1. The van der Waals surface area contributed by atoms with Gasteiger partial charge in [-0.2, -0.15) is 0 Å². The van der Waals surface area contributed by atoms with E-state index >= 15 is 0 Å². The number of carbonyl (C=O) groups is 1. The lowest BCUT2D eigenvalue weighted by atomic mass is 9.93. The summed E-state index contributed by atoms with van der Waals surface area (Å²) in [7, 11) is 1.69.